The summed E-state index contributed by atoms with van der Waals surface area (Å²) in [6.45, 7) is 1.55. The fourth-order valence-electron chi connectivity index (χ4n) is 3.15. The smallest absolute Gasteiger partial charge is 0.330 e. The molecule has 11 heteroatoms. The predicted molar refractivity (Wildman–Crippen MR) is 114 cm³/mol. The van der Waals surface area contributed by atoms with E-state index < -0.39 is 32.2 Å². The maximum absolute atomic E-state index is 12.1. The summed E-state index contributed by atoms with van der Waals surface area (Å²) in [5.74, 6) is -0.936. The van der Waals surface area contributed by atoms with Crippen molar-refractivity contribution >= 4 is 25.9 Å². The number of aliphatic hydroxyl groups is 1. The summed E-state index contributed by atoms with van der Waals surface area (Å²) < 4.78 is 53.5. The van der Waals surface area contributed by atoms with Crippen molar-refractivity contribution in [3.05, 3.63) is 71.7 Å². The quantitative estimate of drug-likeness (QED) is 0.478. The van der Waals surface area contributed by atoms with Gasteiger partial charge in [0.15, 0.2) is 0 Å². The second-order valence-electron chi connectivity index (χ2n) is 6.85. The van der Waals surface area contributed by atoms with Crippen LogP contribution < -0.4 is 13.7 Å². The Morgan fingerprint density at radius 3 is 2.30 bits per heavy atom. The van der Waals surface area contributed by atoms with E-state index >= 15 is 0 Å². The Hall–Kier alpha value is -2.76. The number of benzene rings is 2. The normalized spacial score (nSPS) is 16.7. The van der Waals surface area contributed by atoms with Gasteiger partial charge in [0.1, 0.15) is 11.4 Å². The Morgan fingerprint density at radius 1 is 1.07 bits per heavy atom. The number of sulfonamides is 1. The fraction of sp³-hybridized carbons (Fsp3) is 0.263. The zero-order chi connectivity index (χ0) is 21.9. The molecule has 0 amide bonds. The molecule has 0 spiro atoms. The first kappa shape index (κ1) is 21.9. The maximum atomic E-state index is 12.1. The minimum Gasteiger partial charge on any atom is -0.506 e. The van der Waals surface area contributed by atoms with Crippen LogP contribution in [0.1, 0.15) is 18.1 Å². The van der Waals surface area contributed by atoms with Crippen LogP contribution in [0.15, 0.2) is 60.6 Å². The molecule has 30 heavy (non-hydrogen) atoms. The van der Waals surface area contributed by atoms with Gasteiger partial charge in [0, 0.05) is 6.04 Å². The van der Waals surface area contributed by atoms with Gasteiger partial charge in [-0.2, -0.15) is 8.42 Å². The topological polar surface area (TPSA) is 136 Å². The Morgan fingerprint density at radius 2 is 1.73 bits per heavy atom. The lowest BCUT2D eigenvalue weighted by Crippen LogP contribution is -2.38. The highest BCUT2D eigenvalue weighted by molar-refractivity contribution is 7.91. The van der Waals surface area contributed by atoms with Crippen LogP contribution in [0.2, 0.25) is 0 Å². The van der Waals surface area contributed by atoms with E-state index in [0.717, 1.165) is 16.1 Å². The first-order valence-electron chi connectivity index (χ1n) is 9.18. The molecule has 1 aliphatic rings. The van der Waals surface area contributed by atoms with Gasteiger partial charge in [-0.15, -0.1) is 0 Å². The Kier molecular flexibility index (Phi) is 6.25. The number of phenols is 1. The number of rotatable bonds is 8. The zero-order valence-electron chi connectivity index (χ0n) is 16.2. The first-order valence-corrected chi connectivity index (χ1v) is 12.3. The van der Waals surface area contributed by atoms with Crippen molar-refractivity contribution in [2.75, 3.05) is 10.1 Å². The number of anilines is 1. The molecule has 1 atom stereocenters. The lowest BCUT2D eigenvalue weighted by molar-refractivity contribution is 0.392. The SMILES string of the molecule is CCS(=O)(=O)N[C@@H](Cc1ccccc1)Cc1ccc(N2C=C(O)NS2(=O)=O)c(O)c1. The number of nitrogens with one attached hydrogen (secondary N) is 2. The second kappa shape index (κ2) is 8.54. The van der Waals surface area contributed by atoms with Crippen molar-refractivity contribution in [1.82, 2.24) is 9.44 Å². The third kappa shape index (κ3) is 5.23. The van der Waals surface area contributed by atoms with Crippen molar-refractivity contribution in [3.8, 4) is 5.75 Å². The summed E-state index contributed by atoms with van der Waals surface area (Å²) in [7, 11) is -7.48. The first-order chi connectivity index (χ1) is 14.1. The summed E-state index contributed by atoms with van der Waals surface area (Å²) >= 11 is 0. The summed E-state index contributed by atoms with van der Waals surface area (Å²) in [4.78, 5) is 0. The number of phenolic OH excluding ortho intramolecular Hbond substituents is 1. The number of aliphatic hydroxyl groups excluding tert-OH is 1. The number of hydrogen-bond acceptors (Lipinski definition) is 6. The van der Waals surface area contributed by atoms with E-state index in [1.165, 1.54) is 12.1 Å². The standard InChI is InChI=1S/C19H23N3O6S2/c1-2-29(25,26)20-16(10-14-6-4-3-5-7-14)11-15-8-9-17(18(23)12-15)22-13-19(24)21-30(22,27)28/h3-9,12-13,16,20-21,23-24H,2,10-11H2,1H3/t16-/m0/s1. The lowest BCUT2D eigenvalue weighted by atomic mass is 9.99. The summed E-state index contributed by atoms with van der Waals surface area (Å²) in [5.41, 5.74) is 1.54. The second-order valence-corrected chi connectivity index (χ2v) is 10.4. The molecule has 2 aromatic rings. The summed E-state index contributed by atoms with van der Waals surface area (Å²) in [6, 6.07) is 13.3. The Balaban J connectivity index is 1.84. The van der Waals surface area contributed by atoms with E-state index in [1.54, 1.807) is 13.0 Å². The van der Waals surface area contributed by atoms with E-state index in [0.29, 0.717) is 12.0 Å². The van der Waals surface area contributed by atoms with Gasteiger partial charge in [0.2, 0.25) is 15.9 Å². The van der Waals surface area contributed by atoms with E-state index in [9.17, 15) is 27.0 Å². The van der Waals surface area contributed by atoms with E-state index in [1.807, 2.05) is 35.1 Å². The predicted octanol–water partition coefficient (Wildman–Crippen LogP) is 1.50. The number of aromatic hydroxyl groups is 1. The molecule has 4 N–H and O–H groups in total. The summed E-state index contributed by atoms with van der Waals surface area (Å²) in [5, 5.41) is 19.8. The molecule has 2 aromatic carbocycles. The zero-order valence-corrected chi connectivity index (χ0v) is 17.8. The van der Waals surface area contributed by atoms with Crippen LogP contribution in [-0.4, -0.2) is 38.8 Å². The van der Waals surface area contributed by atoms with Gasteiger partial charge < -0.3 is 10.2 Å². The molecule has 0 bridgehead atoms. The Labute approximate surface area is 175 Å². The van der Waals surface area contributed by atoms with Gasteiger partial charge in [-0.25, -0.2) is 22.2 Å². The monoisotopic (exact) mass is 453 g/mol. The minimum absolute atomic E-state index is 0.0379. The molecule has 0 aliphatic carbocycles. The molecule has 0 unspecified atom stereocenters. The molecule has 0 saturated carbocycles. The highest BCUT2D eigenvalue weighted by Crippen LogP contribution is 2.32. The molecule has 0 fully saturated rings. The fourth-order valence-corrected chi connectivity index (χ4v) is 5.05. The molecule has 3 rings (SSSR count). The van der Waals surface area contributed by atoms with Crippen LogP contribution in [0.5, 0.6) is 5.75 Å². The minimum atomic E-state index is -4.03. The lowest BCUT2D eigenvalue weighted by Gasteiger charge is -2.20. The number of hydrogen-bond donors (Lipinski definition) is 4. The molecular formula is C19H23N3O6S2. The van der Waals surface area contributed by atoms with Crippen molar-refractivity contribution in [1.29, 1.82) is 0 Å². The molecule has 0 saturated heterocycles. The molecule has 0 aromatic heterocycles. The molecule has 9 nitrogen and oxygen atoms in total. The van der Waals surface area contributed by atoms with Gasteiger partial charge in [-0.05, 0) is 43.0 Å². The van der Waals surface area contributed by atoms with Crippen molar-refractivity contribution < 1.29 is 27.0 Å². The van der Waals surface area contributed by atoms with Crippen LogP contribution in [0.25, 0.3) is 0 Å². The van der Waals surface area contributed by atoms with Gasteiger partial charge in [-0.1, -0.05) is 36.4 Å². The van der Waals surface area contributed by atoms with Crippen LogP contribution >= 0.6 is 0 Å². The van der Waals surface area contributed by atoms with Crippen molar-refractivity contribution in [3.63, 3.8) is 0 Å². The van der Waals surface area contributed by atoms with E-state index in [-0.39, 0.29) is 23.6 Å². The Bertz CT molecular complexity index is 1150. The molecule has 0 radical (unpaired) electrons. The van der Waals surface area contributed by atoms with Gasteiger partial charge in [0.05, 0.1) is 12.0 Å². The average Bonchev–Trinajstić information content (AvgIpc) is 2.94. The largest absolute Gasteiger partial charge is 0.506 e. The molecule has 1 heterocycles. The summed E-state index contributed by atoms with van der Waals surface area (Å²) in [6.07, 6.45) is 1.68. The average molecular weight is 454 g/mol. The van der Waals surface area contributed by atoms with Gasteiger partial charge in [-0.3, -0.25) is 0 Å². The van der Waals surface area contributed by atoms with Crippen LogP contribution in [0, 0.1) is 0 Å². The van der Waals surface area contributed by atoms with Gasteiger partial charge >= 0.3 is 10.2 Å². The van der Waals surface area contributed by atoms with Crippen molar-refractivity contribution in [2.45, 2.75) is 25.8 Å². The van der Waals surface area contributed by atoms with Crippen LogP contribution in [0.3, 0.4) is 0 Å². The molecule has 1 aliphatic heterocycles. The van der Waals surface area contributed by atoms with Crippen LogP contribution in [-0.2, 0) is 33.1 Å². The van der Waals surface area contributed by atoms with Gasteiger partial charge in [0.25, 0.3) is 0 Å². The van der Waals surface area contributed by atoms with Crippen molar-refractivity contribution in [2.24, 2.45) is 0 Å². The third-order valence-corrected chi connectivity index (χ3v) is 7.28. The highest BCUT2D eigenvalue weighted by atomic mass is 32.2. The highest BCUT2D eigenvalue weighted by Gasteiger charge is 2.30. The van der Waals surface area contributed by atoms with E-state index in [4.69, 9.17) is 0 Å². The maximum Gasteiger partial charge on any atom is 0.330 e. The van der Waals surface area contributed by atoms with E-state index in [2.05, 4.69) is 4.72 Å². The number of nitrogens with zero attached hydrogens (tertiary/aromatic N) is 1. The molecular weight excluding hydrogens is 430 g/mol. The third-order valence-electron chi connectivity index (χ3n) is 4.54. The molecule has 162 valence electrons. The van der Waals surface area contributed by atoms with Crippen LogP contribution in [0.4, 0.5) is 5.69 Å².